The molecule has 0 atom stereocenters. The summed E-state index contributed by atoms with van der Waals surface area (Å²) in [5, 5.41) is 11.3. The van der Waals surface area contributed by atoms with Crippen LogP contribution < -0.4 is 10.8 Å². The van der Waals surface area contributed by atoms with Gasteiger partial charge in [-0.2, -0.15) is 0 Å². The number of carbonyl (C=O) groups excluding carboxylic acids is 2. The molecule has 5 nitrogen and oxygen atoms in total. The average molecular weight is 328 g/mol. The fourth-order valence-electron chi connectivity index (χ4n) is 2.12. The molecule has 0 bridgehead atoms. The molecule has 3 N–H and O–H groups in total. The summed E-state index contributed by atoms with van der Waals surface area (Å²) in [5.41, 5.74) is 3.38. The van der Waals surface area contributed by atoms with Gasteiger partial charge in [0.15, 0.2) is 0 Å². The average Bonchev–Trinajstić information content (AvgIpc) is 2.61. The van der Waals surface area contributed by atoms with Gasteiger partial charge in [0.2, 0.25) is 0 Å². The molecule has 0 saturated heterocycles. The highest BCUT2D eigenvalue weighted by Gasteiger charge is 2.09. The van der Waals surface area contributed by atoms with Gasteiger partial charge < -0.3 is 5.32 Å². The van der Waals surface area contributed by atoms with Crippen molar-refractivity contribution in [3.05, 3.63) is 77.1 Å². The van der Waals surface area contributed by atoms with Crippen molar-refractivity contribution < 1.29 is 19.2 Å². The van der Waals surface area contributed by atoms with E-state index in [0.29, 0.717) is 24.1 Å². The molecular weight excluding hydrogens is 311 g/mol. The first-order chi connectivity index (χ1) is 11.6. The molecule has 6 heteroatoms. The van der Waals surface area contributed by atoms with Gasteiger partial charge in [-0.25, -0.2) is 9.87 Å². The molecule has 124 valence electrons. The molecule has 2 rings (SSSR count). The molecule has 2 amide bonds. The van der Waals surface area contributed by atoms with Crippen LogP contribution in [0.15, 0.2) is 54.6 Å². The topological polar surface area (TPSA) is 78.4 Å². The van der Waals surface area contributed by atoms with Crippen LogP contribution in [0, 0.1) is 5.82 Å². The Morgan fingerprint density at radius 1 is 1.08 bits per heavy atom. The lowest BCUT2D eigenvalue weighted by atomic mass is 10.1. The molecular formula is C18H17FN2O3. The van der Waals surface area contributed by atoms with E-state index in [9.17, 15) is 14.0 Å². The molecule has 0 aliphatic heterocycles. The molecule has 0 spiro atoms. The second kappa shape index (κ2) is 8.59. The van der Waals surface area contributed by atoms with E-state index < -0.39 is 5.91 Å². The quantitative estimate of drug-likeness (QED) is 0.433. The van der Waals surface area contributed by atoms with Crippen molar-refractivity contribution in [1.82, 2.24) is 10.8 Å². The molecule has 0 saturated carbocycles. The van der Waals surface area contributed by atoms with Gasteiger partial charge in [0.1, 0.15) is 5.82 Å². The number of nitrogens with one attached hydrogen (secondary N) is 2. The highest BCUT2D eigenvalue weighted by atomic mass is 19.1. The van der Waals surface area contributed by atoms with Crippen LogP contribution in [0.1, 0.15) is 21.5 Å². The van der Waals surface area contributed by atoms with E-state index in [1.807, 2.05) is 0 Å². The SMILES string of the molecule is O=C(C=Cc1ccccc1C(=O)NCCc1ccc(F)cc1)NO. The smallest absolute Gasteiger partial charge is 0.267 e. The van der Waals surface area contributed by atoms with Crippen LogP contribution in [0.4, 0.5) is 4.39 Å². The zero-order valence-corrected chi connectivity index (χ0v) is 12.8. The zero-order chi connectivity index (χ0) is 17.4. The minimum atomic E-state index is -0.679. The van der Waals surface area contributed by atoms with Gasteiger partial charge >= 0.3 is 0 Å². The fraction of sp³-hybridized carbons (Fsp3) is 0.111. The van der Waals surface area contributed by atoms with E-state index in [0.717, 1.165) is 11.6 Å². The second-order valence-corrected chi connectivity index (χ2v) is 5.03. The maximum absolute atomic E-state index is 12.8. The third kappa shape index (κ3) is 5.03. The third-order valence-corrected chi connectivity index (χ3v) is 3.34. The molecule has 2 aromatic carbocycles. The third-order valence-electron chi connectivity index (χ3n) is 3.34. The first-order valence-corrected chi connectivity index (χ1v) is 7.34. The van der Waals surface area contributed by atoms with Crippen LogP contribution in [-0.4, -0.2) is 23.6 Å². The monoisotopic (exact) mass is 328 g/mol. The zero-order valence-electron chi connectivity index (χ0n) is 12.8. The molecule has 0 radical (unpaired) electrons. The summed E-state index contributed by atoms with van der Waals surface area (Å²) in [7, 11) is 0. The van der Waals surface area contributed by atoms with Crippen molar-refractivity contribution >= 4 is 17.9 Å². The minimum Gasteiger partial charge on any atom is -0.352 e. The van der Waals surface area contributed by atoms with Crippen molar-refractivity contribution in [2.45, 2.75) is 6.42 Å². The Bertz CT molecular complexity index is 742. The Balaban J connectivity index is 1.98. The van der Waals surface area contributed by atoms with Crippen molar-refractivity contribution in [2.24, 2.45) is 0 Å². The fourth-order valence-corrected chi connectivity index (χ4v) is 2.12. The lowest BCUT2D eigenvalue weighted by molar-refractivity contribution is -0.124. The normalized spacial score (nSPS) is 10.6. The van der Waals surface area contributed by atoms with E-state index in [4.69, 9.17) is 5.21 Å². The highest BCUT2D eigenvalue weighted by molar-refractivity contribution is 5.99. The van der Waals surface area contributed by atoms with E-state index in [1.54, 1.807) is 36.4 Å². The number of hydrogen-bond acceptors (Lipinski definition) is 3. The Hall–Kier alpha value is -2.99. The van der Waals surface area contributed by atoms with Crippen LogP contribution in [-0.2, 0) is 11.2 Å². The van der Waals surface area contributed by atoms with Crippen LogP contribution in [0.5, 0.6) is 0 Å². The molecule has 0 unspecified atom stereocenters. The number of halogens is 1. The molecule has 0 aromatic heterocycles. The van der Waals surface area contributed by atoms with Crippen molar-refractivity contribution in [1.29, 1.82) is 0 Å². The number of hydrogen-bond donors (Lipinski definition) is 3. The predicted octanol–water partition coefficient (Wildman–Crippen LogP) is 2.32. The standard InChI is InChI=1S/C18H17FN2O3/c19-15-8-5-13(6-9-15)11-12-20-18(23)16-4-2-1-3-14(16)7-10-17(22)21-24/h1-10,24H,11-12H2,(H,20,23)(H,21,22). The summed E-state index contributed by atoms with van der Waals surface area (Å²) in [6, 6.07) is 12.9. The van der Waals surface area contributed by atoms with E-state index in [2.05, 4.69) is 5.32 Å². The highest BCUT2D eigenvalue weighted by Crippen LogP contribution is 2.11. The van der Waals surface area contributed by atoms with Crippen LogP contribution in [0.25, 0.3) is 6.08 Å². The van der Waals surface area contributed by atoms with E-state index in [1.165, 1.54) is 23.7 Å². The van der Waals surface area contributed by atoms with Crippen LogP contribution in [0.2, 0.25) is 0 Å². The van der Waals surface area contributed by atoms with Crippen LogP contribution in [0.3, 0.4) is 0 Å². The number of benzene rings is 2. The summed E-state index contributed by atoms with van der Waals surface area (Å²) >= 11 is 0. The van der Waals surface area contributed by atoms with Gasteiger partial charge in [0.25, 0.3) is 11.8 Å². The Morgan fingerprint density at radius 3 is 2.50 bits per heavy atom. The molecule has 0 aliphatic rings. The molecule has 0 fully saturated rings. The van der Waals surface area contributed by atoms with Gasteiger partial charge in [-0.1, -0.05) is 30.3 Å². The first-order valence-electron chi connectivity index (χ1n) is 7.34. The largest absolute Gasteiger partial charge is 0.352 e. The molecule has 0 heterocycles. The Morgan fingerprint density at radius 2 is 1.79 bits per heavy atom. The minimum absolute atomic E-state index is 0.276. The summed E-state index contributed by atoms with van der Waals surface area (Å²) < 4.78 is 12.8. The van der Waals surface area contributed by atoms with Crippen molar-refractivity contribution in [3.8, 4) is 0 Å². The van der Waals surface area contributed by atoms with Gasteiger partial charge in [-0.15, -0.1) is 0 Å². The van der Waals surface area contributed by atoms with Gasteiger partial charge in [0.05, 0.1) is 0 Å². The Kier molecular flexibility index (Phi) is 6.22. The number of hydroxylamine groups is 1. The molecule has 0 aliphatic carbocycles. The van der Waals surface area contributed by atoms with E-state index >= 15 is 0 Å². The first kappa shape index (κ1) is 17.4. The maximum Gasteiger partial charge on any atom is 0.267 e. The maximum atomic E-state index is 12.8. The second-order valence-electron chi connectivity index (χ2n) is 5.03. The summed E-state index contributed by atoms with van der Waals surface area (Å²) in [6.07, 6.45) is 3.15. The van der Waals surface area contributed by atoms with Crippen molar-refractivity contribution in [3.63, 3.8) is 0 Å². The predicted molar refractivity (Wildman–Crippen MR) is 87.8 cm³/mol. The number of carbonyl (C=O) groups is 2. The summed E-state index contributed by atoms with van der Waals surface area (Å²) in [4.78, 5) is 23.3. The number of amides is 2. The molecule has 2 aromatic rings. The van der Waals surface area contributed by atoms with Crippen LogP contribution >= 0.6 is 0 Å². The van der Waals surface area contributed by atoms with Gasteiger partial charge in [0, 0.05) is 18.2 Å². The Labute approximate surface area is 138 Å². The lowest BCUT2D eigenvalue weighted by Crippen LogP contribution is -2.26. The lowest BCUT2D eigenvalue weighted by Gasteiger charge is -2.08. The van der Waals surface area contributed by atoms with Crippen molar-refractivity contribution in [2.75, 3.05) is 6.54 Å². The molecule has 24 heavy (non-hydrogen) atoms. The van der Waals surface area contributed by atoms with Gasteiger partial charge in [-0.05, 0) is 41.8 Å². The summed E-state index contributed by atoms with van der Waals surface area (Å²) in [6.45, 7) is 0.402. The van der Waals surface area contributed by atoms with Gasteiger partial charge in [-0.3, -0.25) is 14.8 Å². The summed E-state index contributed by atoms with van der Waals surface area (Å²) in [5.74, 6) is -1.25. The van der Waals surface area contributed by atoms with E-state index in [-0.39, 0.29) is 11.7 Å². The number of rotatable bonds is 6.